The number of ether oxygens (including phenoxy) is 1. The van der Waals surface area contributed by atoms with Crippen LogP contribution >= 0.6 is 0 Å². The number of fused-ring (bicyclic) bond motifs is 1. The molecule has 1 aromatic carbocycles. The van der Waals surface area contributed by atoms with Crippen LogP contribution in [0.3, 0.4) is 0 Å². The summed E-state index contributed by atoms with van der Waals surface area (Å²) in [5, 5.41) is 9.01. The van der Waals surface area contributed by atoms with Gasteiger partial charge in [-0.2, -0.15) is 0 Å². The zero-order valence-electron chi connectivity index (χ0n) is 8.98. The molecule has 3 N–H and O–H groups in total. The summed E-state index contributed by atoms with van der Waals surface area (Å²) in [6.45, 7) is 1.89. The van der Waals surface area contributed by atoms with E-state index in [4.69, 9.17) is 15.7 Å². The summed E-state index contributed by atoms with van der Waals surface area (Å²) < 4.78 is 19.9. The molecule has 0 unspecified atom stereocenters. The van der Waals surface area contributed by atoms with Crippen molar-refractivity contribution in [1.82, 2.24) is 9.66 Å². The quantitative estimate of drug-likeness (QED) is 0.779. The van der Waals surface area contributed by atoms with Crippen molar-refractivity contribution < 1.29 is 19.0 Å². The summed E-state index contributed by atoms with van der Waals surface area (Å²) in [5.74, 6) is 3.40. The highest BCUT2D eigenvalue weighted by Gasteiger charge is 2.20. The number of nitrogen functional groups attached to an aromatic ring is 1. The third-order valence-corrected chi connectivity index (χ3v) is 2.28. The lowest BCUT2D eigenvalue weighted by atomic mass is 10.1. The van der Waals surface area contributed by atoms with E-state index in [9.17, 15) is 9.18 Å². The first kappa shape index (κ1) is 11.2. The van der Waals surface area contributed by atoms with Gasteiger partial charge in [-0.25, -0.2) is 18.8 Å². The number of halogens is 1. The summed E-state index contributed by atoms with van der Waals surface area (Å²) in [4.78, 5) is 14.8. The Labute approximate surface area is 95.4 Å². The Morgan fingerprint density at radius 3 is 3.00 bits per heavy atom. The van der Waals surface area contributed by atoms with Gasteiger partial charge in [0.2, 0.25) is 0 Å². The number of rotatable bonds is 3. The highest BCUT2D eigenvalue weighted by atomic mass is 19.1. The van der Waals surface area contributed by atoms with E-state index in [0.29, 0.717) is 0 Å². The molecule has 7 heteroatoms. The number of aromatic nitrogens is 2. The van der Waals surface area contributed by atoms with E-state index in [-0.39, 0.29) is 29.0 Å². The molecular formula is C10H10FN3O3. The summed E-state index contributed by atoms with van der Waals surface area (Å²) in [6.07, 6.45) is 1.15. The molecule has 2 aromatic rings. The van der Waals surface area contributed by atoms with Crippen LogP contribution in [0, 0.1) is 5.82 Å². The molecule has 0 saturated heterocycles. The molecule has 0 aliphatic rings. The van der Waals surface area contributed by atoms with Crippen LogP contribution < -0.4 is 10.6 Å². The summed E-state index contributed by atoms with van der Waals surface area (Å²) in [5.41, 5.74) is -0.233. The van der Waals surface area contributed by atoms with Gasteiger partial charge in [0, 0.05) is 6.07 Å². The van der Waals surface area contributed by atoms with E-state index < -0.39 is 11.8 Å². The Morgan fingerprint density at radius 1 is 1.71 bits per heavy atom. The first-order valence-electron chi connectivity index (χ1n) is 4.87. The minimum Gasteiger partial charge on any atom is -0.491 e. The van der Waals surface area contributed by atoms with Gasteiger partial charge in [0.25, 0.3) is 0 Å². The van der Waals surface area contributed by atoms with Crippen molar-refractivity contribution in [2.24, 2.45) is 0 Å². The lowest BCUT2D eigenvalue weighted by Gasteiger charge is -2.07. The van der Waals surface area contributed by atoms with Crippen molar-refractivity contribution in [3.63, 3.8) is 0 Å². The van der Waals surface area contributed by atoms with Crippen molar-refractivity contribution in [3.05, 3.63) is 23.8 Å². The van der Waals surface area contributed by atoms with Gasteiger partial charge in [-0.3, -0.25) is 0 Å². The zero-order chi connectivity index (χ0) is 12.6. The summed E-state index contributed by atoms with van der Waals surface area (Å²) >= 11 is 0. The van der Waals surface area contributed by atoms with Crippen molar-refractivity contribution in [3.8, 4) is 5.75 Å². The van der Waals surface area contributed by atoms with Gasteiger partial charge in [-0.1, -0.05) is 0 Å². The van der Waals surface area contributed by atoms with Crippen LogP contribution in [0.25, 0.3) is 11.0 Å². The van der Waals surface area contributed by atoms with E-state index in [1.165, 1.54) is 0 Å². The Hall–Kier alpha value is -2.31. The van der Waals surface area contributed by atoms with Crippen LogP contribution in [0.2, 0.25) is 0 Å². The van der Waals surface area contributed by atoms with Crippen molar-refractivity contribution in [2.75, 3.05) is 12.4 Å². The molecule has 0 fully saturated rings. The largest absolute Gasteiger partial charge is 0.491 e. The van der Waals surface area contributed by atoms with Gasteiger partial charge in [0.1, 0.15) is 17.4 Å². The molecule has 0 atom stereocenters. The molecular weight excluding hydrogens is 229 g/mol. The predicted molar refractivity (Wildman–Crippen MR) is 58.0 cm³/mol. The fourth-order valence-electron chi connectivity index (χ4n) is 1.58. The number of nitrogens with zero attached hydrogens (tertiary/aromatic N) is 2. The maximum absolute atomic E-state index is 13.9. The molecule has 0 radical (unpaired) electrons. The van der Waals surface area contributed by atoms with Crippen LogP contribution in [0.1, 0.15) is 17.3 Å². The summed E-state index contributed by atoms with van der Waals surface area (Å²) in [6, 6.07) is 1.11. The number of hydrogen-bond donors (Lipinski definition) is 2. The lowest BCUT2D eigenvalue weighted by molar-refractivity contribution is 0.0698. The highest BCUT2D eigenvalue weighted by Crippen LogP contribution is 2.28. The normalized spacial score (nSPS) is 10.7. The first-order valence-corrected chi connectivity index (χ1v) is 4.87. The molecule has 90 valence electrons. The van der Waals surface area contributed by atoms with Crippen molar-refractivity contribution in [1.29, 1.82) is 0 Å². The van der Waals surface area contributed by atoms with Crippen molar-refractivity contribution >= 4 is 17.0 Å². The molecule has 17 heavy (non-hydrogen) atoms. The fourth-order valence-corrected chi connectivity index (χ4v) is 1.58. The molecule has 1 aromatic heterocycles. The Kier molecular flexibility index (Phi) is 2.58. The topological polar surface area (TPSA) is 90.4 Å². The highest BCUT2D eigenvalue weighted by molar-refractivity contribution is 6.02. The Bertz CT molecular complexity index is 594. The lowest BCUT2D eigenvalue weighted by Crippen LogP contribution is -2.09. The van der Waals surface area contributed by atoms with Crippen LogP contribution in [-0.2, 0) is 0 Å². The van der Waals surface area contributed by atoms with E-state index in [2.05, 4.69) is 4.98 Å². The van der Waals surface area contributed by atoms with Gasteiger partial charge in [0.05, 0.1) is 12.2 Å². The molecule has 0 saturated carbocycles. The standard InChI is InChI=1S/C10H10FN3O3/c1-2-17-6-3-5(10(15)16)8-9(7(6)11)14(12)4-13-8/h3-4H,2,12H2,1H3,(H,15,16). The predicted octanol–water partition coefficient (Wildman–Crippen LogP) is 0.986. The second kappa shape index (κ2) is 3.93. The Balaban J connectivity index is 2.82. The number of carboxylic acids is 1. The van der Waals surface area contributed by atoms with Gasteiger partial charge in [-0.15, -0.1) is 0 Å². The number of hydrogen-bond acceptors (Lipinski definition) is 4. The minimum absolute atomic E-state index is 0.000882. The Morgan fingerprint density at radius 2 is 2.41 bits per heavy atom. The molecule has 0 aliphatic carbocycles. The number of nitrogens with two attached hydrogens (primary N) is 1. The van der Waals surface area contributed by atoms with Crippen LogP contribution in [0.15, 0.2) is 12.4 Å². The molecule has 6 nitrogen and oxygen atoms in total. The van der Waals surface area contributed by atoms with E-state index in [1.54, 1.807) is 6.92 Å². The van der Waals surface area contributed by atoms with E-state index >= 15 is 0 Å². The number of carbonyl (C=O) groups is 1. The third-order valence-electron chi connectivity index (χ3n) is 2.28. The average molecular weight is 239 g/mol. The fraction of sp³-hybridized carbons (Fsp3) is 0.200. The van der Waals surface area contributed by atoms with Gasteiger partial charge in [0.15, 0.2) is 11.6 Å². The number of benzene rings is 1. The van der Waals surface area contributed by atoms with Crippen LogP contribution in [0.5, 0.6) is 5.75 Å². The first-order chi connectivity index (χ1) is 8.06. The molecule has 0 amide bonds. The van der Waals surface area contributed by atoms with E-state index in [0.717, 1.165) is 17.1 Å². The van der Waals surface area contributed by atoms with Crippen LogP contribution in [0.4, 0.5) is 4.39 Å². The number of imidazole rings is 1. The zero-order valence-corrected chi connectivity index (χ0v) is 8.98. The second-order valence-electron chi connectivity index (χ2n) is 3.32. The second-order valence-corrected chi connectivity index (χ2v) is 3.32. The maximum Gasteiger partial charge on any atom is 0.338 e. The van der Waals surface area contributed by atoms with Gasteiger partial charge in [-0.05, 0) is 6.92 Å². The molecule has 1 heterocycles. The van der Waals surface area contributed by atoms with Gasteiger partial charge < -0.3 is 15.7 Å². The third kappa shape index (κ3) is 1.65. The van der Waals surface area contributed by atoms with Crippen LogP contribution in [-0.4, -0.2) is 27.3 Å². The molecule has 0 spiro atoms. The minimum atomic E-state index is -1.21. The SMILES string of the molecule is CCOc1cc(C(=O)O)c2ncn(N)c2c1F. The number of aromatic carboxylic acids is 1. The summed E-state index contributed by atoms with van der Waals surface area (Å²) in [7, 11) is 0. The van der Waals surface area contributed by atoms with Crippen molar-refractivity contribution in [2.45, 2.75) is 6.92 Å². The molecule has 2 rings (SSSR count). The van der Waals surface area contributed by atoms with E-state index in [1.807, 2.05) is 0 Å². The average Bonchev–Trinajstić information content (AvgIpc) is 2.65. The maximum atomic E-state index is 13.9. The molecule has 0 bridgehead atoms. The molecule has 0 aliphatic heterocycles. The monoisotopic (exact) mass is 239 g/mol. The number of carboxylic acid groups (broad SMARTS) is 1. The van der Waals surface area contributed by atoms with Gasteiger partial charge >= 0.3 is 5.97 Å². The smallest absolute Gasteiger partial charge is 0.338 e.